The third kappa shape index (κ3) is 2.58. The SMILES string of the molecule is CCSc1cccc(-n2ccnc2C)c1/C(N)=N/O. The number of nitrogens with zero attached hydrogens (tertiary/aromatic N) is 3. The smallest absolute Gasteiger partial charge is 0.173 e. The minimum absolute atomic E-state index is 0.111. The van der Waals surface area contributed by atoms with Crippen molar-refractivity contribution in [1.82, 2.24) is 9.55 Å². The molecule has 1 aromatic carbocycles. The van der Waals surface area contributed by atoms with E-state index < -0.39 is 0 Å². The monoisotopic (exact) mass is 276 g/mol. The van der Waals surface area contributed by atoms with Gasteiger partial charge in [-0.05, 0) is 24.8 Å². The average Bonchev–Trinajstić information content (AvgIpc) is 2.84. The Balaban J connectivity index is 2.67. The summed E-state index contributed by atoms with van der Waals surface area (Å²) in [5.74, 6) is 1.88. The van der Waals surface area contributed by atoms with E-state index in [1.165, 1.54) is 0 Å². The zero-order chi connectivity index (χ0) is 13.8. The van der Waals surface area contributed by atoms with E-state index in [2.05, 4.69) is 17.1 Å². The van der Waals surface area contributed by atoms with Crippen molar-refractivity contribution in [3.05, 3.63) is 42.0 Å². The normalized spacial score (nSPS) is 11.8. The van der Waals surface area contributed by atoms with Crippen LogP contribution < -0.4 is 5.73 Å². The summed E-state index contributed by atoms with van der Waals surface area (Å²) in [6, 6.07) is 5.86. The number of hydrogen-bond donors (Lipinski definition) is 2. The molecule has 5 nitrogen and oxygen atoms in total. The molecular formula is C13H16N4OS. The van der Waals surface area contributed by atoms with E-state index in [-0.39, 0.29) is 5.84 Å². The molecule has 6 heteroatoms. The Morgan fingerprint density at radius 2 is 2.32 bits per heavy atom. The van der Waals surface area contributed by atoms with Gasteiger partial charge in [-0.15, -0.1) is 11.8 Å². The van der Waals surface area contributed by atoms with Crippen LogP contribution in [0.25, 0.3) is 5.69 Å². The molecule has 0 fully saturated rings. The molecule has 0 aliphatic rings. The Hall–Kier alpha value is -1.95. The number of rotatable bonds is 4. The largest absolute Gasteiger partial charge is 0.409 e. The third-order valence-electron chi connectivity index (χ3n) is 2.75. The number of thioether (sulfide) groups is 1. The molecule has 0 aliphatic carbocycles. The van der Waals surface area contributed by atoms with E-state index in [4.69, 9.17) is 10.9 Å². The lowest BCUT2D eigenvalue weighted by Crippen LogP contribution is -2.18. The van der Waals surface area contributed by atoms with E-state index in [0.717, 1.165) is 27.7 Å². The maximum Gasteiger partial charge on any atom is 0.173 e. The molecule has 0 aliphatic heterocycles. The van der Waals surface area contributed by atoms with E-state index in [9.17, 15) is 0 Å². The zero-order valence-electron chi connectivity index (χ0n) is 10.9. The van der Waals surface area contributed by atoms with Gasteiger partial charge in [-0.25, -0.2) is 4.98 Å². The topological polar surface area (TPSA) is 76.4 Å². The average molecular weight is 276 g/mol. The maximum absolute atomic E-state index is 9.00. The van der Waals surface area contributed by atoms with Gasteiger partial charge in [-0.3, -0.25) is 0 Å². The number of imidazole rings is 1. The van der Waals surface area contributed by atoms with Gasteiger partial charge in [0.2, 0.25) is 0 Å². The molecule has 1 heterocycles. The summed E-state index contributed by atoms with van der Waals surface area (Å²) in [6.45, 7) is 3.98. The number of aryl methyl sites for hydroxylation is 1. The first-order chi connectivity index (χ1) is 9.19. The summed E-state index contributed by atoms with van der Waals surface area (Å²) in [4.78, 5) is 5.20. The van der Waals surface area contributed by atoms with Crippen molar-refractivity contribution in [2.45, 2.75) is 18.7 Å². The van der Waals surface area contributed by atoms with Crippen molar-refractivity contribution < 1.29 is 5.21 Å². The van der Waals surface area contributed by atoms with Crippen LogP contribution in [0.5, 0.6) is 0 Å². The zero-order valence-corrected chi connectivity index (χ0v) is 11.7. The number of amidine groups is 1. The van der Waals surface area contributed by atoms with E-state index in [1.807, 2.05) is 35.9 Å². The van der Waals surface area contributed by atoms with Gasteiger partial charge in [0.1, 0.15) is 5.82 Å². The highest BCUT2D eigenvalue weighted by Crippen LogP contribution is 2.28. The first-order valence-corrected chi connectivity index (χ1v) is 6.91. The second-order valence-corrected chi connectivity index (χ2v) is 5.22. The van der Waals surface area contributed by atoms with Gasteiger partial charge in [-0.1, -0.05) is 18.1 Å². The second-order valence-electron chi connectivity index (χ2n) is 3.91. The molecule has 19 heavy (non-hydrogen) atoms. The van der Waals surface area contributed by atoms with Gasteiger partial charge in [0.05, 0.1) is 11.3 Å². The molecule has 0 saturated heterocycles. The van der Waals surface area contributed by atoms with Crippen LogP contribution in [0, 0.1) is 6.92 Å². The van der Waals surface area contributed by atoms with Crippen LogP contribution in [0.4, 0.5) is 0 Å². The van der Waals surface area contributed by atoms with Crippen molar-refractivity contribution in [3.8, 4) is 5.69 Å². The summed E-state index contributed by atoms with van der Waals surface area (Å²) in [5.41, 5.74) is 7.43. The lowest BCUT2D eigenvalue weighted by molar-refractivity contribution is 0.318. The molecule has 0 bridgehead atoms. The number of nitrogens with two attached hydrogens (primary N) is 1. The molecule has 0 spiro atoms. The molecule has 0 radical (unpaired) electrons. The van der Waals surface area contributed by atoms with Crippen LogP contribution in [0.15, 0.2) is 40.6 Å². The second kappa shape index (κ2) is 5.79. The highest BCUT2D eigenvalue weighted by molar-refractivity contribution is 7.99. The van der Waals surface area contributed by atoms with E-state index >= 15 is 0 Å². The lowest BCUT2D eigenvalue weighted by atomic mass is 10.1. The molecule has 0 amide bonds. The number of hydrogen-bond acceptors (Lipinski definition) is 4. The van der Waals surface area contributed by atoms with Crippen LogP contribution >= 0.6 is 11.8 Å². The van der Waals surface area contributed by atoms with Crippen molar-refractivity contribution >= 4 is 17.6 Å². The molecular weight excluding hydrogens is 260 g/mol. The van der Waals surface area contributed by atoms with Crippen LogP contribution in [-0.4, -0.2) is 26.3 Å². The Kier molecular flexibility index (Phi) is 4.11. The van der Waals surface area contributed by atoms with E-state index in [1.54, 1.807) is 18.0 Å². The first kappa shape index (κ1) is 13.5. The highest BCUT2D eigenvalue weighted by Gasteiger charge is 2.15. The van der Waals surface area contributed by atoms with Crippen LogP contribution in [-0.2, 0) is 0 Å². The molecule has 2 aromatic rings. The number of oxime groups is 1. The number of aromatic nitrogens is 2. The number of benzene rings is 1. The molecule has 0 saturated carbocycles. The van der Waals surface area contributed by atoms with Gasteiger partial charge in [0.15, 0.2) is 5.84 Å². The van der Waals surface area contributed by atoms with Crippen molar-refractivity contribution in [1.29, 1.82) is 0 Å². The Morgan fingerprint density at radius 3 is 2.89 bits per heavy atom. The molecule has 1 aromatic heterocycles. The summed E-state index contributed by atoms with van der Waals surface area (Å²) >= 11 is 1.66. The minimum Gasteiger partial charge on any atom is -0.409 e. The summed E-state index contributed by atoms with van der Waals surface area (Å²) in [7, 11) is 0. The Bertz CT molecular complexity index is 606. The van der Waals surface area contributed by atoms with E-state index in [0.29, 0.717) is 0 Å². The summed E-state index contributed by atoms with van der Waals surface area (Å²) in [5, 5.41) is 12.2. The summed E-state index contributed by atoms with van der Waals surface area (Å²) < 4.78 is 1.92. The third-order valence-corrected chi connectivity index (χ3v) is 3.69. The first-order valence-electron chi connectivity index (χ1n) is 5.93. The van der Waals surface area contributed by atoms with Crippen LogP contribution in [0.1, 0.15) is 18.3 Å². The predicted octanol–water partition coefficient (Wildman–Crippen LogP) is 2.39. The molecule has 0 atom stereocenters. The molecule has 3 N–H and O–H groups in total. The standard InChI is InChI=1S/C13H16N4OS/c1-3-19-11-6-4-5-10(12(11)13(14)16-18)17-8-7-15-9(17)2/h4-8,18H,3H2,1-2H3,(H2,14,16). The molecule has 2 rings (SSSR count). The highest BCUT2D eigenvalue weighted by atomic mass is 32.2. The van der Waals surface area contributed by atoms with Gasteiger partial charge < -0.3 is 15.5 Å². The fourth-order valence-electron chi connectivity index (χ4n) is 1.94. The predicted molar refractivity (Wildman–Crippen MR) is 77.2 cm³/mol. The maximum atomic E-state index is 9.00. The van der Waals surface area contributed by atoms with Crippen molar-refractivity contribution in [2.24, 2.45) is 10.9 Å². The van der Waals surface area contributed by atoms with Gasteiger partial charge in [0, 0.05) is 17.3 Å². The van der Waals surface area contributed by atoms with Gasteiger partial charge in [0.25, 0.3) is 0 Å². The Morgan fingerprint density at radius 1 is 1.53 bits per heavy atom. The van der Waals surface area contributed by atoms with Crippen molar-refractivity contribution in [2.75, 3.05) is 5.75 Å². The van der Waals surface area contributed by atoms with Gasteiger partial charge >= 0.3 is 0 Å². The fraction of sp³-hybridized carbons (Fsp3) is 0.231. The van der Waals surface area contributed by atoms with Gasteiger partial charge in [-0.2, -0.15) is 0 Å². The minimum atomic E-state index is 0.111. The Labute approximate surface area is 116 Å². The summed E-state index contributed by atoms with van der Waals surface area (Å²) in [6.07, 6.45) is 3.59. The quantitative estimate of drug-likeness (QED) is 0.295. The van der Waals surface area contributed by atoms with Crippen LogP contribution in [0.2, 0.25) is 0 Å². The molecule has 100 valence electrons. The lowest BCUT2D eigenvalue weighted by Gasteiger charge is -2.14. The van der Waals surface area contributed by atoms with Crippen LogP contribution in [0.3, 0.4) is 0 Å². The fourth-order valence-corrected chi connectivity index (χ4v) is 2.78. The van der Waals surface area contributed by atoms with Crippen molar-refractivity contribution in [3.63, 3.8) is 0 Å². The molecule has 0 unspecified atom stereocenters.